The fourth-order valence-corrected chi connectivity index (χ4v) is 5.32. The van der Waals surface area contributed by atoms with E-state index in [0.717, 1.165) is 0 Å². The third kappa shape index (κ3) is 4.78. The van der Waals surface area contributed by atoms with Gasteiger partial charge in [0.25, 0.3) is 5.56 Å². The van der Waals surface area contributed by atoms with E-state index < -0.39 is 35.0 Å². The first kappa shape index (κ1) is 25.9. The van der Waals surface area contributed by atoms with Gasteiger partial charge in [-0.25, -0.2) is 4.39 Å². The molecule has 0 aliphatic carbocycles. The molecule has 0 radical (unpaired) electrons. The molecule has 1 aliphatic rings. The van der Waals surface area contributed by atoms with E-state index in [0.29, 0.717) is 48.0 Å². The van der Waals surface area contributed by atoms with E-state index in [-0.39, 0.29) is 29.3 Å². The van der Waals surface area contributed by atoms with Gasteiger partial charge in [0.1, 0.15) is 6.17 Å². The topological polar surface area (TPSA) is 62.5 Å². The Balaban J connectivity index is 1.71. The first-order chi connectivity index (χ1) is 18.0. The molecule has 2 heterocycles. The van der Waals surface area contributed by atoms with E-state index in [1.807, 2.05) is 4.90 Å². The molecule has 198 valence electrons. The highest BCUT2D eigenvalue weighted by molar-refractivity contribution is 6.01. The largest absolute Gasteiger partial charge is 0.481 e. The van der Waals surface area contributed by atoms with Gasteiger partial charge in [-0.15, -0.1) is 0 Å². The number of halogens is 4. The standard InChI is InChI=1S/C29H26F4N2O3/c1-34-24-10-8-17(12-13-35-15-19(30)16-35)14-23(24)27(29(31,32)33)26(28(34)38)22-7-3-5-20-18(9-11-25(36)37)4-2-6-21(20)22/h2-8,10,14,19H,9,11-13,15-16H2,1H3,(H,36,37). The normalized spacial score (nSPS) is 14.8. The van der Waals surface area contributed by atoms with E-state index in [1.165, 1.54) is 29.8 Å². The van der Waals surface area contributed by atoms with Crippen molar-refractivity contribution in [2.75, 3.05) is 19.6 Å². The van der Waals surface area contributed by atoms with Crippen molar-refractivity contribution in [1.82, 2.24) is 9.47 Å². The quantitative estimate of drug-likeness (QED) is 0.319. The molecule has 0 saturated carbocycles. The smallest absolute Gasteiger partial charge is 0.417 e. The van der Waals surface area contributed by atoms with Crippen LogP contribution >= 0.6 is 0 Å². The van der Waals surface area contributed by atoms with Gasteiger partial charge < -0.3 is 9.67 Å². The van der Waals surface area contributed by atoms with Crippen LogP contribution in [0.3, 0.4) is 0 Å². The molecule has 38 heavy (non-hydrogen) atoms. The molecular formula is C29H26F4N2O3. The molecule has 1 N–H and O–H groups in total. The zero-order valence-corrected chi connectivity index (χ0v) is 20.7. The summed E-state index contributed by atoms with van der Waals surface area (Å²) in [6, 6.07) is 14.6. The fraction of sp³-hybridized carbons (Fsp3) is 0.310. The van der Waals surface area contributed by atoms with Gasteiger partial charge in [-0.3, -0.25) is 14.5 Å². The molecule has 0 spiro atoms. The van der Waals surface area contributed by atoms with Crippen molar-refractivity contribution >= 4 is 27.6 Å². The lowest BCUT2D eigenvalue weighted by Crippen LogP contribution is -2.48. The lowest BCUT2D eigenvalue weighted by atomic mass is 9.90. The van der Waals surface area contributed by atoms with Crippen molar-refractivity contribution in [3.63, 3.8) is 0 Å². The van der Waals surface area contributed by atoms with Crippen molar-refractivity contribution in [1.29, 1.82) is 0 Å². The monoisotopic (exact) mass is 526 g/mol. The average molecular weight is 527 g/mol. The third-order valence-corrected chi connectivity index (χ3v) is 7.26. The molecule has 3 aromatic carbocycles. The number of carboxylic acid groups (broad SMARTS) is 1. The SMILES string of the molecule is Cn1c(=O)c(-c2cccc3c(CCC(=O)O)cccc23)c(C(F)(F)F)c2cc(CCN3CC(F)C3)ccc21. The van der Waals surface area contributed by atoms with Crippen LogP contribution in [-0.4, -0.2) is 46.3 Å². The number of pyridine rings is 1. The van der Waals surface area contributed by atoms with Crippen molar-refractivity contribution in [2.24, 2.45) is 7.05 Å². The summed E-state index contributed by atoms with van der Waals surface area (Å²) in [6.07, 6.45) is -5.13. The minimum Gasteiger partial charge on any atom is -0.481 e. The van der Waals surface area contributed by atoms with Gasteiger partial charge in [-0.2, -0.15) is 13.2 Å². The Morgan fingerprint density at radius 3 is 2.39 bits per heavy atom. The van der Waals surface area contributed by atoms with Crippen LogP contribution in [0.2, 0.25) is 0 Å². The molecule has 1 aliphatic heterocycles. The number of hydrogen-bond donors (Lipinski definition) is 1. The molecule has 0 atom stereocenters. The van der Waals surface area contributed by atoms with E-state index in [9.17, 15) is 27.2 Å². The predicted octanol–water partition coefficient (Wildman–Crippen LogP) is 5.59. The van der Waals surface area contributed by atoms with Gasteiger partial charge in [-0.1, -0.05) is 42.5 Å². The molecule has 4 aromatic rings. The van der Waals surface area contributed by atoms with Crippen LogP contribution in [0.1, 0.15) is 23.1 Å². The zero-order valence-electron chi connectivity index (χ0n) is 20.7. The number of alkyl halides is 4. The number of aryl methyl sites for hydroxylation is 2. The predicted molar refractivity (Wildman–Crippen MR) is 138 cm³/mol. The van der Waals surface area contributed by atoms with Gasteiger partial charge in [0.05, 0.1) is 16.6 Å². The zero-order chi connectivity index (χ0) is 27.2. The number of hydrogen-bond acceptors (Lipinski definition) is 3. The van der Waals surface area contributed by atoms with Crippen molar-refractivity contribution in [3.05, 3.63) is 81.6 Å². The Morgan fingerprint density at radius 1 is 1.00 bits per heavy atom. The van der Waals surface area contributed by atoms with E-state index in [4.69, 9.17) is 5.11 Å². The molecule has 0 amide bonds. The molecule has 5 nitrogen and oxygen atoms in total. The number of nitrogens with zero attached hydrogens (tertiary/aromatic N) is 2. The maximum absolute atomic E-state index is 14.8. The number of benzene rings is 3. The van der Waals surface area contributed by atoms with Crippen molar-refractivity contribution < 1.29 is 27.5 Å². The summed E-state index contributed by atoms with van der Waals surface area (Å²) in [6.45, 7) is 1.19. The van der Waals surface area contributed by atoms with Gasteiger partial charge in [-0.05, 0) is 52.4 Å². The average Bonchev–Trinajstić information content (AvgIpc) is 2.85. The summed E-state index contributed by atoms with van der Waals surface area (Å²) in [7, 11) is 1.46. The van der Waals surface area contributed by atoms with Crippen LogP contribution in [0.4, 0.5) is 17.6 Å². The van der Waals surface area contributed by atoms with Crippen LogP contribution in [0.15, 0.2) is 59.4 Å². The summed E-state index contributed by atoms with van der Waals surface area (Å²) in [5.74, 6) is -0.977. The number of likely N-dealkylation sites (tertiary alicyclic amines) is 1. The molecule has 1 aromatic heterocycles. The Morgan fingerprint density at radius 2 is 1.71 bits per heavy atom. The highest BCUT2D eigenvalue weighted by Crippen LogP contribution is 2.42. The van der Waals surface area contributed by atoms with Crippen LogP contribution in [0.5, 0.6) is 0 Å². The molecule has 1 saturated heterocycles. The van der Waals surface area contributed by atoms with Crippen LogP contribution in [0, 0.1) is 0 Å². The lowest BCUT2D eigenvalue weighted by Gasteiger charge is -2.34. The molecule has 0 unspecified atom stereocenters. The van der Waals surface area contributed by atoms with E-state index in [1.54, 1.807) is 36.4 Å². The van der Waals surface area contributed by atoms with Gasteiger partial charge >= 0.3 is 12.1 Å². The maximum atomic E-state index is 14.8. The van der Waals surface area contributed by atoms with Crippen LogP contribution < -0.4 is 5.56 Å². The second-order valence-corrected chi connectivity index (χ2v) is 9.78. The summed E-state index contributed by atoms with van der Waals surface area (Å²) < 4.78 is 58.7. The molecule has 1 fully saturated rings. The van der Waals surface area contributed by atoms with Crippen LogP contribution in [-0.2, 0) is 30.9 Å². The number of aliphatic carboxylic acids is 1. The number of rotatable bonds is 7. The van der Waals surface area contributed by atoms with E-state index >= 15 is 0 Å². The molecule has 0 bridgehead atoms. The molecular weight excluding hydrogens is 500 g/mol. The highest BCUT2D eigenvalue weighted by atomic mass is 19.4. The summed E-state index contributed by atoms with van der Waals surface area (Å²) in [4.78, 5) is 26.5. The maximum Gasteiger partial charge on any atom is 0.417 e. The number of fused-ring (bicyclic) bond motifs is 2. The first-order valence-corrected chi connectivity index (χ1v) is 12.4. The van der Waals surface area contributed by atoms with Gasteiger partial charge in [0.15, 0.2) is 0 Å². The van der Waals surface area contributed by atoms with Crippen molar-refractivity contribution in [3.8, 4) is 11.1 Å². The highest BCUT2D eigenvalue weighted by Gasteiger charge is 2.38. The summed E-state index contributed by atoms with van der Waals surface area (Å²) >= 11 is 0. The molecule has 9 heteroatoms. The number of carbonyl (C=O) groups is 1. The number of aromatic nitrogens is 1. The van der Waals surface area contributed by atoms with E-state index in [2.05, 4.69) is 0 Å². The second kappa shape index (κ2) is 9.87. The Kier molecular flexibility index (Phi) is 6.73. The van der Waals surface area contributed by atoms with Crippen LogP contribution in [0.25, 0.3) is 32.8 Å². The summed E-state index contributed by atoms with van der Waals surface area (Å²) in [5, 5.41) is 10.1. The fourth-order valence-electron chi connectivity index (χ4n) is 5.32. The minimum atomic E-state index is -4.82. The molecule has 5 rings (SSSR count). The Labute approximate surface area is 215 Å². The van der Waals surface area contributed by atoms with Gasteiger partial charge in [0.2, 0.25) is 0 Å². The number of carboxylic acids is 1. The third-order valence-electron chi connectivity index (χ3n) is 7.26. The summed E-state index contributed by atoms with van der Waals surface area (Å²) in [5.41, 5.74) is -0.525. The lowest BCUT2D eigenvalue weighted by molar-refractivity contribution is -0.137. The van der Waals surface area contributed by atoms with Gasteiger partial charge in [0, 0.05) is 38.5 Å². The minimum absolute atomic E-state index is 0.0712. The Bertz CT molecular complexity index is 1600. The first-order valence-electron chi connectivity index (χ1n) is 12.4. The second-order valence-electron chi connectivity index (χ2n) is 9.78. The van der Waals surface area contributed by atoms with Crippen molar-refractivity contribution in [2.45, 2.75) is 31.6 Å². The Hall–Kier alpha value is -3.72.